The van der Waals surface area contributed by atoms with E-state index in [0.29, 0.717) is 0 Å². The van der Waals surface area contributed by atoms with Crippen LogP contribution in [0.15, 0.2) is 18.2 Å². The van der Waals surface area contributed by atoms with Crippen molar-refractivity contribution in [3.63, 3.8) is 0 Å². The SMILES string of the molecule is N#CC[C@H](N)c1ccc(Cl)c(C(F)(F)F)c1. The first-order valence-corrected chi connectivity index (χ1v) is 4.73. The van der Waals surface area contributed by atoms with Crippen LogP contribution in [0.25, 0.3) is 0 Å². The number of rotatable bonds is 2. The van der Waals surface area contributed by atoms with Gasteiger partial charge in [-0.05, 0) is 17.7 Å². The molecule has 1 atom stereocenters. The van der Waals surface area contributed by atoms with E-state index >= 15 is 0 Å². The molecule has 0 aliphatic heterocycles. The lowest BCUT2D eigenvalue weighted by Gasteiger charge is -2.13. The van der Waals surface area contributed by atoms with E-state index in [1.807, 2.05) is 0 Å². The molecule has 1 aromatic carbocycles. The summed E-state index contributed by atoms with van der Waals surface area (Å²) in [6.45, 7) is 0. The number of nitrogens with zero attached hydrogens (tertiary/aromatic N) is 1. The second-order valence-corrected chi connectivity index (χ2v) is 3.61. The molecule has 0 saturated carbocycles. The minimum atomic E-state index is -4.51. The van der Waals surface area contributed by atoms with E-state index in [9.17, 15) is 13.2 Å². The maximum atomic E-state index is 12.5. The quantitative estimate of drug-likeness (QED) is 0.873. The Balaban J connectivity index is 3.13. The average molecular weight is 249 g/mol. The highest BCUT2D eigenvalue weighted by Gasteiger charge is 2.33. The largest absolute Gasteiger partial charge is 0.417 e. The van der Waals surface area contributed by atoms with Gasteiger partial charge in [-0.15, -0.1) is 0 Å². The van der Waals surface area contributed by atoms with E-state index in [0.717, 1.165) is 12.1 Å². The number of nitrogens with two attached hydrogens (primary N) is 1. The van der Waals surface area contributed by atoms with E-state index in [4.69, 9.17) is 22.6 Å². The molecule has 6 heteroatoms. The normalized spacial score (nSPS) is 13.2. The number of hydrogen-bond donors (Lipinski definition) is 1. The summed E-state index contributed by atoms with van der Waals surface area (Å²) < 4.78 is 37.5. The van der Waals surface area contributed by atoms with E-state index in [-0.39, 0.29) is 17.0 Å². The van der Waals surface area contributed by atoms with Crippen LogP contribution in [0.5, 0.6) is 0 Å². The Morgan fingerprint density at radius 1 is 1.44 bits per heavy atom. The zero-order chi connectivity index (χ0) is 12.3. The van der Waals surface area contributed by atoms with E-state index in [1.54, 1.807) is 6.07 Å². The average Bonchev–Trinajstić information content (AvgIpc) is 2.16. The lowest BCUT2D eigenvalue weighted by Crippen LogP contribution is -2.12. The van der Waals surface area contributed by atoms with Crippen LogP contribution in [-0.2, 0) is 6.18 Å². The molecule has 0 aromatic heterocycles. The summed E-state index contributed by atoms with van der Waals surface area (Å²) in [5, 5.41) is 8.03. The molecule has 0 spiro atoms. The fourth-order valence-corrected chi connectivity index (χ4v) is 1.43. The molecule has 0 aliphatic rings. The van der Waals surface area contributed by atoms with Gasteiger partial charge in [-0.25, -0.2) is 0 Å². The molecule has 0 bridgehead atoms. The van der Waals surface area contributed by atoms with Gasteiger partial charge in [-0.2, -0.15) is 18.4 Å². The van der Waals surface area contributed by atoms with Crippen molar-refractivity contribution in [1.29, 1.82) is 5.26 Å². The molecule has 0 fully saturated rings. The molecule has 86 valence electrons. The highest BCUT2D eigenvalue weighted by atomic mass is 35.5. The lowest BCUT2D eigenvalue weighted by atomic mass is 10.0. The van der Waals surface area contributed by atoms with Crippen LogP contribution in [0.3, 0.4) is 0 Å². The van der Waals surface area contributed by atoms with Gasteiger partial charge in [0.05, 0.1) is 23.1 Å². The van der Waals surface area contributed by atoms with E-state index in [1.165, 1.54) is 6.07 Å². The number of hydrogen-bond acceptors (Lipinski definition) is 2. The Labute approximate surface area is 95.4 Å². The second kappa shape index (κ2) is 4.73. The highest BCUT2D eigenvalue weighted by molar-refractivity contribution is 6.31. The molecule has 0 radical (unpaired) electrons. The van der Waals surface area contributed by atoms with Gasteiger partial charge in [-0.1, -0.05) is 17.7 Å². The van der Waals surface area contributed by atoms with E-state index in [2.05, 4.69) is 0 Å². The van der Waals surface area contributed by atoms with Crippen LogP contribution in [0.1, 0.15) is 23.6 Å². The monoisotopic (exact) mass is 248 g/mol. The molecule has 0 saturated heterocycles. The van der Waals surface area contributed by atoms with Crippen LogP contribution in [0.2, 0.25) is 5.02 Å². The first-order valence-electron chi connectivity index (χ1n) is 4.35. The van der Waals surface area contributed by atoms with Crippen molar-refractivity contribution >= 4 is 11.6 Å². The predicted octanol–water partition coefficient (Wildman–Crippen LogP) is 3.27. The third-order valence-corrected chi connectivity index (χ3v) is 2.36. The Morgan fingerprint density at radius 3 is 2.56 bits per heavy atom. The van der Waals surface area contributed by atoms with Crippen molar-refractivity contribution in [2.45, 2.75) is 18.6 Å². The molecule has 2 N–H and O–H groups in total. The van der Waals surface area contributed by atoms with Gasteiger partial charge < -0.3 is 5.73 Å². The smallest absolute Gasteiger partial charge is 0.323 e. The fraction of sp³-hybridized carbons (Fsp3) is 0.300. The maximum Gasteiger partial charge on any atom is 0.417 e. The predicted molar refractivity (Wildman–Crippen MR) is 53.6 cm³/mol. The number of halogens is 4. The Kier molecular flexibility index (Phi) is 3.79. The maximum absolute atomic E-state index is 12.5. The molecular weight excluding hydrogens is 241 g/mol. The molecule has 0 unspecified atom stereocenters. The van der Waals surface area contributed by atoms with Crippen LogP contribution in [-0.4, -0.2) is 0 Å². The molecule has 0 heterocycles. The van der Waals surface area contributed by atoms with Crippen molar-refractivity contribution in [3.05, 3.63) is 34.3 Å². The van der Waals surface area contributed by atoms with Crippen LogP contribution >= 0.6 is 11.6 Å². The van der Waals surface area contributed by atoms with Gasteiger partial charge in [-0.3, -0.25) is 0 Å². The number of nitriles is 1. The van der Waals surface area contributed by atoms with Crippen molar-refractivity contribution in [2.75, 3.05) is 0 Å². The van der Waals surface area contributed by atoms with Gasteiger partial charge in [0.2, 0.25) is 0 Å². The topological polar surface area (TPSA) is 49.8 Å². The summed E-state index contributed by atoms with van der Waals surface area (Å²) in [5.41, 5.74) is 4.85. The first-order chi connectivity index (χ1) is 7.36. The standard InChI is InChI=1S/C10H8ClF3N2/c11-8-2-1-6(9(16)3-4-15)5-7(8)10(12,13)14/h1-2,5,9H,3,16H2/t9-/m0/s1. The number of alkyl halides is 3. The Bertz CT molecular complexity index is 423. The molecule has 0 aliphatic carbocycles. The van der Waals surface area contributed by atoms with Crippen LogP contribution in [0, 0.1) is 11.3 Å². The van der Waals surface area contributed by atoms with Crippen molar-refractivity contribution in [1.82, 2.24) is 0 Å². The van der Waals surface area contributed by atoms with Gasteiger partial charge >= 0.3 is 6.18 Å². The third-order valence-electron chi connectivity index (χ3n) is 2.04. The number of benzene rings is 1. The Hall–Kier alpha value is -1.25. The van der Waals surface area contributed by atoms with Gasteiger partial charge in [0.1, 0.15) is 0 Å². The molecular formula is C10H8ClF3N2. The second-order valence-electron chi connectivity index (χ2n) is 3.21. The summed E-state index contributed by atoms with van der Waals surface area (Å²) in [6.07, 6.45) is -4.56. The Morgan fingerprint density at radius 2 is 2.06 bits per heavy atom. The summed E-state index contributed by atoms with van der Waals surface area (Å²) in [5.74, 6) is 0. The minimum absolute atomic E-state index is 0.0427. The van der Waals surface area contributed by atoms with Crippen molar-refractivity contribution in [2.24, 2.45) is 5.73 Å². The van der Waals surface area contributed by atoms with Gasteiger partial charge in [0.25, 0.3) is 0 Å². The molecule has 16 heavy (non-hydrogen) atoms. The van der Waals surface area contributed by atoms with Crippen molar-refractivity contribution in [3.8, 4) is 6.07 Å². The first kappa shape index (κ1) is 12.8. The van der Waals surface area contributed by atoms with Crippen LogP contribution in [0.4, 0.5) is 13.2 Å². The van der Waals surface area contributed by atoms with E-state index < -0.39 is 17.8 Å². The molecule has 2 nitrogen and oxygen atoms in total. The molecule has 1 aromatic rings. The minimum Gasteiger partial charge on any atom is -0.323 e. The van der Waals surface area contributed by atoms with Gasteiger partial charge in [0, 0.05) is 6.04 Å². The highest BCUT2D eigenvalue weighted by Crippen LogP contribution is 2.36. The zero-order valence-electron chi connectivity index (χ0n) is 8.05. The molecule has 1 rings (SSSR count). The third kappa shape index (κ3) is 2.87. The summed E-state index contributed by atoms with van der Waals surface area (Å²) in [6, 6.07) is 4.47. The fourth-order valence-electron chi connectivity index (χ4n) is 1.21. The lowest BCUT2D eigenvalue weighted by molar-refractivity contribution is -0.137. The summed E-state index contributed by atoms with van der Waals surface area (Å²) in [7, 11) is 0. The molecule has 0 amide bonds. The zero-order valence-corrected chi connectivity index (χ0v) is 8.81. The van der Waals surface area contributed by atoms with Gasteiger partial charge in [0.15, 0.2) is 0 Å². The summed E-state index contributed by atoms with van der Waals surface area (Å²) in [4.78, 5) is 0. The summed E-state index contributed by atoms with van der Waals surface area (Å²) >= 11 is 5.44. The van der Waals surface area contributed by atoms with Crippen molar-refractivity contribution < 1.29 is 13.2 Å². The van der Waals surface area contributed by atoms with Crippen LogP contribution < -0.4 is 5.73 Å².